The number of ether oxygens (including phenoxy) is 1. The molecular formula is C22H37N3O3. The summed E-state index contributed by atoms with van der Waals surface area (Å²) in [5.41, 5.74) is 1.08. The fourth-order valence-electron chi connectivity index (χ4n) is 2.80. The van der Waals surface area contributed by atoms with Gasteiger partial charge in [0.25, 0.3) is 0 Å². The Bertz CT molecular complexity index is 570. The van der Waals surface area contributed by atoms with Crippen molar-refractivity contribution in [3.05, 3.63) is 35.9 Å². The van der Waals surface area contributed by atoms with Crippen LogP contribution in [0.25, 0.3) is 0 Å². The Morgan fingerprint density at radius 1 is 1.29 bits per heavy atom. The Kier molecular flexibility index (Phi) is 13.8. The fourth-order valence-corrected chi connectivity index (χ4v) is 2.80. The summed E-state index contributed by atoms with van der Waals surface area (Å²) >= 11 is 0. The molecule has 158 valence electrons. The van der Waals surface area contributed by atoms with Gasteiger partial charge in [0, 0.05) is 19.5 Å². The second-order valence-corrected chi connectivity index (χ2v) is 7.31. The molecule has 1 amide bonds. The highest BCUT2D eigenvalue weighted by molar-refractivity contribution is 5.67. The molecule has 0 radical (unpaired) electrons. The minimum atomic E-state index is -0.746. The SMILES string of the molecule is CC.COC(=O)NC(Cc1ccccc1)C(O)CNCC(C)(C)CCCC#N. The van der Waals surface area contributed by atoms with Gasteiger partial charge >= 0.3 is 6.09 Å². The molecule has 0 aromatic heterocycles. The summed E-state index contributed by atoms with van der Waals surface area (Å²) < 4.78 is 4.67. The Labute approximate surface area is 170 Å². The van der Waals surface area contributed by atoms with Gasteiger partial charge in [-0.25, -0.2) is 4.79 Å². The quantitative estimate of drug-likeness (QED) is 0.501. The number of aliphatic hydroxyl groups excluding tert-OH is 1. The Balaban J connectivity index is 0.00000352. The normalized spacial score (nSPS) is 12.8. The van der Waals surface area contributed by atoms with Gasteiger partial charge in [0.2, 0.25) is 0 Å². The van der Waals surface area contributed by atoms with Crippen molar-refractivity contribution in [1.82, 2.24) is 10.6 Å². The van der Waals surface area contributed by atoms with E-state index in [0.717, 1.165) is 24.9 Å². The molecule has 6 heteroatoms. The van der Waals surface area contributed by atoms with Crippen LogP contribution >= 0.6 is 0 Å². The molecule has 1 rings (SSSR count). The maximum absolute atomic E-state index is 11.6. The van der Waals surface area contributed by atoms with E-state index in [1.165, 1.54) is 7.11 Å². The van der Waals surface area contributed by atoms with Gasteiger partial charge in [-0.15, -0.1) is 0 Å². The lowest BCUT2D eigenvalue weighted by Crippen LogP contribution is -2.49. The minimum Gasteiger partial charge on any atom is -0.453 e. The summed E-state index contributed by atoms with van der Waals surface area (Å²) in [5, 5.41) is 25.2. The summed E-state index contributed by atoms with van der Waals surface area (Å²) in [5.74, 6) is 0. The highest BCUT2D eigenvalue weighted by Gasteiger charge is 2.23. The number of rotatable bonds is 11. The zero-order valence-electron chi connectivity index (χ0n) is 18.0. The van der Waals surface area contributed by atoms with Crippen LogP contribution < -0.4 is 10.6 Å². The first-order valence-electron chi connectivity index (χ1n) is 10.0. The van der Waals surface area contributed by atoms with E-state index in [1.807, 2.05) is 44.2 Å². The van der Waals surface area contributed by atoms with Gasteiger partial charge in [-0.3, -0.25) is 0 Å². The van der Waals surface area contributed by atoms with E-state index < -0.39 is 18.2 Å². The van der Waals surface area contributed by atoms with Crippen LogP contribution in [0.1, 0.15) is 52.5 Å². The van der Waals surface area contributed by atoms with Crippen molar-refractivity contribution >= 4 is 6.09 Å². The van der Waals surface area contributed by atoms with Crippen molar-refractivity contribution in [2.24, 2.45) is 5.41 Å². The van der Waals surface area contributed by atoms with E-state index in [0.29, 0.717) is 19.4 Å². The number of benzene rings is 1. The Morgan fingerprint density at radius 3 is 2.50 bits per heavy atom. The standard InChI is InChI=1S/C20H31N3O3.C2H6/c1-20(2,11-7-8-12-21)15-22-14-18(24)17(23-19(25)26-3)13-16-9-5-4-6-10-16;1-2/h4-6,9-10,17-18,22,24H,7-8,11,13-15H2,1-3H3,(H,23,25);1-2H3. The third-order valence-electron chi connectivity index (χ3n) is 4.35. The molecule has 1 aromatic rings. The van der Waals surface area contributed by atoms with E-state index in [2.05, 4.69) is 35.3 Å². The number of aliphatic hydroxyl groups is 1. The van der Waals surface area contributed by atoms with Crippen LogP contribution in [0.4, 0.5) is 4.79 Å². The predicted octanol–water partition coefficient (Wildman–Crippen LogP) is 3.65. The number of amides is 1. The molecule has 0 fully saturated rings. The highest BCUT2D eigenvalue weighted by Crippen LogP contribution is 2.22. The molecule has 28 heavy (non-hydrogen) atoms. The molecule has 6 nitrogen and oxygen atoms in total. The second kappa shape index (κ2) is 14.9. The van der Waals surface area contributed by atoms with Gasteiger partial charge in [0.1, 0.15) is 0 Å². The van der Waals surface area contributed by atoms with Gasteiger partial charge < -0.3 is 20.5 Å². The van der Waals surface area contributed by atoms with E-state index in [1.54, 1.807) is 0 Å². The summed E-state index contributed by atoms with van der Waals surface area (Å²) in [6.07, 6.45) is 1.59. The van der Waals surface area contributed by atoms with Crippen molar-refractivity contribution in [3.8, 4) is 6.07 Å². The lowest BCUT2D eigenvalue weighted by molar-refractivity contribution is 0.109. The molecule has 1 aromatic carbocycles. The lowest BCUT2D eigenvalue weighted by Gasteiger charge is -2.28. The largest absolute Gasteiger partial charge is 0.453 e. The van der Waals surface area contributed by atoms with E-state index in [4.69, 9.17) is 5.26 Å². The number of carbonyl (C=O) groups is 1. The van der Waals surface area contributed by atoms with E-state index in [9.17, 15) is 9.90 Å². The first-order chi connectivity index (χ1) is 13.4. The van der Waals surface area contributed by atoms with Gasteiger partial charge in [0.15, 0.2) is 0 Å². The zero-order valence-corrected chi connectivity index (χ0v) is 18.0. The molecule has 0 saturated carbocycles. The van der Waals surface area contributed by atoms with Crippen LogP contribution in [0.15, 0.2) is 30.3 Å². The first-order valence-corrected chi connectivity index (χ1v) is 10.0. The number of nitrogens with zero attached hydrogens (tertiary/aromatic N) is 1. The van der Waals surface area contributed by atoms with Crippen LogP contribution in [0.2, 0.25) is 0 Å². The number of hydrogen-bond acceptors (Lipinski definition) is 5. The van der Waals surface area contributed by atoms with Gasteiger partial charge in [-0.2, -0.15) is 5.26 Å². The maximum atomic E-state index is 11.6. The van der Waals surface area contributed by atoms with E-state index in [-0.39, 0.29) is 5.41 Å². The van der Waals surface area contributed by atoms with Crippen molar-refractivity contribution in [2.45, 2.75) is 65.5 Å². The first kappa shape index (κ1) is 25.9. The monoisotopic (exact) mass is 391 g/mol. The molecule has 0 spiro atoms. The summed E-state index contributed by atoms with van der Waals surface area (Å²) in [4.78, 5) is 11.6. The molecular weight excluding hydrogens is 354 g/mol. The number of unbranched alkanes of at least 4 members (excludes halogenated alkanes) is 1. The summed E-state index contributed by atoms with van der Waals surface area (Å²) in [6, 6.07) is 11.4. The van der Waals surface area contributed by atoms with Crippen LogP contribution in [0.3, 0.4) is 0 Å². The highest BCUT2D eigenvalue weighted by atomic mass is 16.5. The molecule has 0 aliphatic rings. The minimum absolute atomic E-state index is 0.0429. The number of nitriles is 1. The predicted molar refractivity (Wildman–Crippen MR) is 113 cm³/mol. The summed E-state index contributed by atoms with van der Waals surface area (Å²) in [7, 11) is 1.31. The topological polar surface area (TPSA) is 94.4 Å². The maximum Gasteiger partial charge on any atom is 0.407 e. The Morgan fingerprint density at radius 2 is 1.93 bits per heavy atom. The summed E-state index contributed by atoms with van der Waals surface area (Å²) in [6.45, 7) is 9.37. The number of alkyl carbamates (subject to hydrolysis) is 1. The molecule has 3 N–H and O–H groups in total. The van der Waals surface area contributed by atoms with Crippen molar-refractivity contribution < 1.29 is 14.6 Å². The third kappa shape index (κ3) is 11.6. The van der Waals surface area contributed by atoms with Crippen LogP contribution in [0, 0.1) is 16.7 Å². The van der Waals surface area contributed by atoms with Crippen molar-refractivity contribution in [1.29, 1.82) is 5.26 Å². The fraction of sp³-hybridized carbons (Fsp3) is 0.636. The number of nitrogens with one attached hydrogen (secondary N) is 2. The van der Waals surface area contributed by atoms with Gasteiger partial charge in [-0.1, -0.05) is 58.0 Å². The lowest BCUT2D eigenvalue weighted by atomic mass is 9.87. The average Bonchev–Trinajstić information content (AvgIpc) is 2.69. The van der Waals surface area contributed by atoms with E-state index >= 15 is 0 Å². The molecule has 0 bridgehead atoms. The molecule has 2 atom stereocenters. The third-order valence-corrected chi connectivity index (χ3v) is 4.35. The van der Waals surface area contributed by atoms with Gasteiger partial charge in [-0.05, 0) is 30.2 Å². The number of methoxy groups -OCH3 is 1. The second-order valence-electron chi connectivity index (χ2n) is 7.31. The molecule has 0 heterocycles. The van der Waals surface area contributed by atoms with Crippen LogP contribution in [-0.4, -0.2) is 43.5 Å². The van der Waals surface area contributed by atoms with Crippen molar-refractivity contribution in [2.75, 3.05) is 20.2 Å². The molecule has 2 unspecified atom stereocenters. The average molecular weight is 392 g/mol. The molecule has 0 aliphatic carbocycles. The molecule has 0 saturated heterocycles. The Hall–Kier alpha value is -2.10. The smallest absolute Gasteiger partial charge is 0.407 e. The zero-order chi connectivity index (χ0) is 21.4. The van der Waals surface area contributed by atoms with Crippen molar-refractivity contribution in [3.63, 3.8) is 0 Å². The number of hydrogen-bond donors (Lipinski definition) is 3. The number of carbonyl (C=O) groups excluding carboxylic acids is 1. The van der Waals surface area contributed by atoms with Crippen LogP contribution in [0.5, 0.6) is 0 Å². The van der Waals surface area contributed by atoms with Gasteiger partial charge in [0.05, 0.1) is 25.3 Å². The molecule has 0 aliphatic heterocycles. The van der Waals surface area contributed by atoms with Crippen LogP contribution in [-0.2, 0) is 11.2 Å².